The third kappa shape index (κ3) is 21.2. The Hall–Kier alpha value is -8.57. The highest BCUT2D eigenvalue weighted by molar-refractivity contribution is 5.98. The predicted molar refractivity (Wildman–Crippen MR) is 289 cm³/mol. The van der Waals surface area contributed by atoms with Crippen molar-refractivity contribution < 1.29 is 137 Å². The molecule has 0 bridgehead atoms. The molecule has 1 aromatic carbocycles. The van der Waals surface area contributed by atoms with E-state index in [0.29, 0.717) is 5.56 Å². The van der Waals surface area contributed by atoms with Crippen LogP contribution in [0.1, 0.15) is 90.0 Å². The van der Waals surface area contributed by atoms with Crippen molar-refractivity contribution in [3.63, 3.8) is 0 Å². The lowest BCUT2D eigenvalue weighted by atomic mass is 9.88. The molecule has 0 radical (unpaired) electrons. The first-order valence-electron chi connectivity index (χ1n) is 28.2. The molecule has 0 spiro atoms. The van der Waals surface area contributed by atoms with E-state index < -0.39 is 232 Å². The van der Waals surface area contributed by atoms with E-state index >= 15 is 0 Å². The summed E-state index contributed by atoms with van der Waals surface area (Å²) >= 11 is 0. The molecule has 0 saturated carbocycles. The first-order valence-corrected chi connectivity index (χ1v) is 28.2. The zero-order valence-corrected chi connectivity index (χ0v) is 49.9. The van der Waals surface area contributed by atoms with E-state index in [9.17, 15) is 137 Å². The van der Waals surface area contributed by atoms with Crippen LogP contribution < -0.4 is 65.5 Å². The Morgan fingerprint density at radius 3 is 1.60 bits per heavy atom. The molecule has 1 saturated heterocycles. The van der Waals surface area contributed by atoms with Gasteiger partial charge in [-0.25, -0.2) is 0 Å². The fourth-order valence-corrected chi connectivity index (χ4v) is 8.76. The van der Waals surface area contributed by atoms with Gasteiger partial charge < -0.3 is 75.5 Å². The number of benzene rings is 1. The lowest BCUT2D eigenvalue weighted by molar-refractivity contribution is -0.461. The van der Waals surface area contributed by atoms with Crippen LogP contribution in [0.3, 0.4) is 0 Å². The number of carbonyl (C=O) groups is 12. The lowest BCUT2D eigenvalue weighted by Crippen LogP contribution is -2.74. The molecule has 26 nitrogen and oxygen atoms in total. The van der Waals surface area contributed by atoms with Gasteiger partial charge in [-0.2, -0.15) is 74.6 Å². The summed E-state index contributed by atoms with van der Waals surface area (Å²) in [6.45, 7) is -0.166. The van der Waals surface area contributed by atoms with Gasteiger partial charge in [0.15, 0.2) is 0 Å². The van der Waals surface area contributed by atoms with Crippen molar-refractivity contribution in [3.8, 4) is 5.75 Å². The molecule has 7 atom stereocenters. The van der Waals surface area contributed by atoms with E-state index in [2.05, 4.69) is 31.9 Å². The maximum Gasteiger partial charge on any atom is 0.460 e. The normalized spacial score (nSPS) is 16.1. The van der Waals surface area contributed by atoms with E-state index in [1.54, 1.807) is 12.2 Å². The number of halogens is 17. The summed E-state index contributed by atoms with van der Waals surface area (Å²) < 4.78 is 232. The van der Waals surface area contributed by atoms with Gasteiger partial charge in [0.1, 0.15) is 42.0 Å². The Bertz CT molecular complexity index is 2930. The van der Waals surface area contributed by atoms with E-state index in [4.69, 9.17) is 22.9 Å². The Morgan fingerprint density at radius 1 is 0.558 bits per heavy atom. The average Bonchev–Trinajstić information content (AvgIpc) is 0.928. The zero-order chi connectivity index (χ0) is 73.2. The minimum atomic E-state index is -8.84. The molecule has 12 amide bonds. The number of likely N-dealkylation sites (tertiary alicyclic amines) is 1. The van der Waals surface area contributed by atoms with Crippen molar-refractivity contribution in [2.45, 2.75) is 175 Å². The molecule has 95 heavy (non-hydrogen) atoms. The fourth-order valence-electron chi connectivity index (χ4n) is 8.76. The van der Waals surface area contributed by atoms with Gasteiger partial charge in [0, 0.05) is 38.8 Å². The molecule has 1 aliphatic rings. The molecule has 1 aromatic rings. The summed E-state index contributed by atoms with van der Waals surface area (Å²) in [4.78, 5) is 156. The minimum Gasteiger partial charge on any atom is -0.508 e. The van der Waals surface area contributed by atoms with Crippen molar-refractivity contribution >= 4 is 70.9 Å². The van der Waals surface area contributed by atoms with Gasteiger partial charge in [0.25, 0.3) is 0 Å². The summed E-state index contributed by atoms with van der Waals surface area (Å²) in [6, 6.07) is -4.10. The van der Waals surface area contributed by atoms with Gasteiger partial charge in [-0.05, 0) is 62.1 Å². The van der Waals surface area contributed by atoms with Crippen molar-refractivity contribution in [2.24, 2.45) is 28.9 Å². The van der Waals surface area contributed by atoms with Gasteiger partial charge in [-0.3, -0.25) is 57.5 Å². The molecule has 1 heterocycles. The number of nitrogens with zero attached hydrogens (tertiary/aromatic N) is 1. The number of amides is 12. The van der Waals surface area contributed by atoms with Crippen LogP contribution in [-0.4, -0.2) is 198 Å². The SMILES string of the molecule is CCC(C)C(NC(=O)C(Cc1ccc(O)cc1)NC(=O)CN)C(=O)NC(CCC(N)=O)C(=O)NC(CC(N)=O)C(=O)NCC(=O)N1CCC[C@H]1C(=O)NC(CCCCNC(=O)CCC(F)(F)C(F)(F)C(F)(F)C(F)(F)C(F)(F)C(F)(F)C(F)(F)C(F)(F)F)C(=O)NCC(N)=O. The van der Waals surface area contributed by atoms with E-state index in [0.717, 1.165) is 4.90 Å². The zero-order valence-electron chi connectivity index (χ0n) is 49.9. The number of carbonyl (C=O) groups excluding carboxylic acids is 12. The quantitative estimate of drug-likeness (QED) is 0.0311. The first kappa shape index (κ1) is 82.5. The molecule has 1 aliphatic heterocycles. The van der Waals surface area contributed by atoms with Crippen molar-refractivity contribution in [1.82, 2.24) is 47.4 Å². The maximum atomic E-state index is 14.4. The molecule has 0 aliphatic carbocycles. The minimum absolute atomic E-state index is 0.0851. The summed E-state index contributed by atoms with van der Waals surface area (Å²) in [5.74, 6) is -72.5. The third-order valence-corrected chi connectivity index (χ3v) is 14.4. The number of primary amides is 3. The van der Waals surface area contributed by atoms with Crippen LogP contribution in [0.2, 0.25) is 0 Å². The van der Waals surface area contributed by atoms with Crippen LogP contribution in [0.15, 0.2) is 24.3 Å². The van der Waals surface area contributed by atoms with Crippen LogP contribution in [-0.2, 0) is 64.0 Å². The second-order valence-corrected chi connectivity index (χ2v) is 21.6. The Balaban J connectivity index is 2.20. The Labute approximate surface area is 526 Å². The van der Waals surface area contributed by atoms with E-state index in [1.165, 1.54) is 31.2 Å². The summed E-state index contributed by atoms with van der Waals surface area (Å²) in [6.07, 6.45) is -16.4. The second-order valence-electron chi connectivity index (χ2n) is 21.6. The standard InChI is InChI=1S/C52H68F17N13O13/c1-3-24(2)38(81-42(93)29(77-36(88)21-70)19-25-9-11-26(83)12-10-25)44(95)79-28(13-14-32(71)84)41(92)80-30(20-33(72)85)40(91)76-23-37(89)82-18-6-8-31(82)43(94)78-27(39(90)75-22-34(73)86)7-4-5-17-74-35(87)15-16-45(53,54)46(55,56)47(57,58)48(59,60)49(61,62)50(63,64)51(65,66)52(67,68)69/h9-12,24,27-31,38,83H,3-8,13-23,70H2,1-2H3,(H2,71,84)(H2,72,85)(H2,73,86)(H,74,87)(H,75,90)(H,76,91)(H,77,88)(H,78,94)(H,79,95)(H,80,92)(H,81,93)/t24?,27?,28?,29?,30?,31-,38?/m0/s1. The third-order valence-electron chi connectivity index (χ3n) is 14.4. The highest BCUT2D eigenvalue weighted by Crippen LogP contribution is 2.64. The number of nitrogens with two attached hydrogens (primary N) is 4. The molecule has 538 valence electrons. The number of phenols is 1. The number of nitrogens with one attached hydrogen (secondary N) is 8. The molecule has 43 heteroatoms. The van der Waals surface area contributed by atoms with E-state index in [-0.39, 0.29) is 44.4 Å². The maximum absolute atomic E-state index is 14.4. The highest BCUT2D eigenvalue weighted by atomic mass is 19.4. The largest absolute Gasteiger partial charge is 0.508 e. The number of alkyl halides is 17. The Morgan fingerprint density at radius 2 is 1.07 bits per heavy atom. The number of unbranched alkanes of at least 4 members (excludes halogenated alkanes) is 1. The number of rotatable bonds is 39. The topological polar surface area (TPSA) is 429 Å². The molecule has 17 N–H and O–H groups in total. The number of hydrogen-bond acceptors (Lipinski definition) is 14. The Kier molecular flexibility index (Phi) is 29.3. The summed E-state index contributed by atoms with van der Waals surface area (Å²) in [5.41, 5.74) is 21.6. The van der Waals surface area contributed by atoms with Crippen molar-refractivity contribution in [1.29, 1.82) is 0 Å². The molecule has 6 unspecified atom stereocenters. The van der Waals surface area contributed by atoms with Crippen molar-refractivity contribution in [2.75, 3.05) is 32.7 Å². The molecule has 1 fully saturated rings. The van der Waals surface area contributed by atoms with Gasteiger partial charge in [0.2, 0.25) is 70.9 Å². The lowest BCUT2D eigenvalue weighted by Gasteiger charge is -2.42. The van der Waals surface area contributed by atoms with Crippen LogP contribution in [0.25, 0.3) is 0 Å². The first-order chi connectivity index (χ1) is 43.5. The number of phenolic OH excluding ortho intramolecular Hbond substituents is 1. The van der Waals surface area contributed by atoms with Crippen LogP contribution >= 0.6 is 0 Å². The van der Waals surface area contributed by atoms with Crippen LogP contribution in [0.4, 0.5) is 74.6 Å². The number of hydrogen-bond donors (Lipinski definition) is 13. The molecular formula is C52H68F17N13O13. The molecule has 2 rings (SSSR count). The fraction of sp³-hybridized carbons (Fsp3) is 0.654. The summed E-state index contributed by atoms with van der Waals surface area (Å²) in [7, 11) is 0. The second kappa shape index (κ2) is 33.7. The van der Waals surface area contributed by atoms with Crippen LogP contribution in [0, 0.1) is 5.92 Å². The molecule has 0 aromatic heterocycles. The van der Waals surface area contributed by atoms with Crippen molar-refractivity contribution in [3.05, 3.63) is 29.8 Å². The van der Waals surface area contributed by atoms with Crippen LogP contribution in [0.5, 0.6) is 5.75 Å². The number of aromatic hydroxyl groups is 1. The van der Waals surface area contributed by atoms with E-state index in [1.807, 2.05) is 5.32 Å². The predicted octanol–water partition coefficient (Wildman–Crippen LogP) is 0.289. The van der Waals surface area contributed by atoms with Gasteiger partial charge in [-0.1, -0.05) is 32.4 Å². The smallest absolute Gasteiger partial charge is 0.460 e. The summed E-state index contributed by atoms with van der Waals surface area (Å²) in [5, 5.41) is 27.4. The molecular weight excluding hydrogens is 1340 g/mol. The monoisotopic (exact) mass is 1410 g/mol. The van der Waals surface area contributed by atoms with Gasteiger partial charge in [-0.15, -0.1) is 0 Å². The van der Waals surface area contributed by atoms with Gasteiger partial charge >= 0.3 is 47.6 Å². The van der Waals surface area contributed by atoms with Gasteiger partial charge in [0.05, 0.1) is 26.1 Å². The average molecular weight is 1410 g/mol. The highest BCUT2D eigenvalue weighted by Gasteiger charge is 2.95.